The highest BCUT2D eigenvalue weighted by molar-refractivity contribution is 5.85. The van der Waals surface area contributed by atoms with Crippen LogP contribution in [0, 0.1) is 0 Å². The van der Waals surface area contributed by atoms with Gasteiger partial charge in [0.2, 0.25) is 5.91 Å². The van der Waals surface area contributed by atoms with Gasteiger partial charge in [-0.3, -0.25) is 33.9 Å². The molecule has 0 saturated carbocycles. The number of amides is 1. The molecule has 1 aliphatic rings. The minimum atomic E-state index is -0.787. The molecule has 11 heteroatoms. The molecule has 1 N–H and O–H groups in total. The van der Waals surface area contributed by atoms with E-state index in [9.17, 15) is 19.2 Å². The first kappa shape index (κ1) is 30.8. The minimum Gasteiger partial charge on any atom is -0.468 e. The lowest BCUT2D eigenvalue weighted by atomic mass is 10.1. The fourth-order valence-electron chi connectivity index (χ4n) is 3.67. The second-order valence-corrected chi connectivity index (χ2v) is 10.7. The van der Waals surface area contributed by atoms with Crippen molar-refractivity contribution in [2.24, 2.45) is 0 Å². The van der Waals surface area contributed by atoms with Gasteiger partial charge in [-0.2, -0.15) is 0 Å². The smallest absolute Gasteiger partial charge is 0.323 e. The average Bonchev–Trinajstić information content (AvgIpc) is 2.80. The zero-order valence-corrected chi connectivity index (χ0v) is 22.6. The topological polar surface area (TPSA) is 118 Å². The van der Waals surface area contributed by atoms with Crippen molar-refractivity contribution < 1.29 is 33.4 Å². The molecule has 1 unspecified atom stereocenters. The third kappa shape index (κ3) is 12.9. The zero-order valence-electron chi connectivity index (χ0n) is 22.6. The number of carbonyl (C=O) groups excluding carboxylic acids is 4. The fraction of sp³-hybridized carbons (Fsp3) is 0.833. The molecule has 0 aromatic carbocycles. The Balaban J connectivity index is 3.08. The third-order valence-electron chi connectivity index (χ3n) is 5.26. The number of methoxy groups -OCH3 is 1. The van der Waals surface area contributed by atoms with E-state index in [0.29, 0.717) is 39.3 Å². The van der Waals surface area contributed by atoms with Crippen LogP contribution in [0.25, 0.3) is 0 Å². The molecule has 0 aliphatic carbocycles. The van der Waals surface area contributed by atoms with Crippen molar-refractivity contribution in [3.8, 4) is 0 Å². The summed E-state index contributed by atoms with van der Waals surface area (Å²) < 4.78 is 15.9. The Morgan fingerprint density at radius 2 is 1.17 bits per heavy atom. The summed E-state index contributed by atoms with van der Waals surface area (Å²) in [5.41, 5.74) is -1.20. The van der Waals surface area contributed by atoms with Crippen LogP contribution in [0.3, 0.4) is 0 Å². The Hall–Kier alpha value is -2.24. The van der Waals surface area contributed by atoms with E-state index in [4.69, 9.17) is 14.2 Å². The molecule has 1 fully saturated rings. The normalized spacial score (nSPS) is 17.9. The molecule has 1 rings (SSSR count). The summed E-state index contributed by atoms with van der Waals surface area (Å²) >= 11 is 0. The van der Waals surface area contributed by atoms with Crippen molar-refractivity contribution in [1.29, 1.82) is 0 Å². The second kappa shape index (κ2) is 13.7. The van der Waals surface area contributed by atoms with Crippen LogP contribution in [0.5, 0.6) is 0 Å². The lowest BCUT2D eigenvalue weighted by molar-refractivity contribution is -0.158. The first-order valence-corrected chi connectivity index (χ1v) is 12.0. The molecule has 0 bridgehead atoms. The molecular weight excluding hydrogens is 456 g/mol. The van der Waals surface area contributed by atoms with Crippen molar-refractivity contribution in [3.63, 3.8) is 0 Å². The monoisotopic (exact) mass is 500 g/mol. The van der Waals surface area contributed by atoms with Crippen molar-refractivity contribution in [3.05, 3.63) is 0 Å². The van der Waals surface area contributed by atoms with E-state index in [1.54, 1.807) is 0 Å². The van der Waals surface area contributed by atoms with Gasteiger partial charge in [0.1, 0.15) is 17.2 Å². The number of hydrogen-bond donors (Lipinski definition) is 1. The van der Waals surface area contributed by atoms with E-state index in [-0.39, 0.29) is 37.4 Å². The summed E-state index contributed by atoms with van der Waals surface area (Å²) in [6, 6.07) is -0.787. The van der Waals surface area contributed by atoms with Gasteiger partial charge in [0.25, 0.3) is 0 Å². The van der Waals surface area contributed by atoms with Crippen molar-refractivity contribution in [1.82, 2.24) is 20.0 Å². The van der Waals surface area contributed by atoms with Crippen LogP contribution in [0.1, 0.15) is 48.0 Å². The maximum atomic E-state index is 12.6. The van der Waals surface area contributed by atoms with E-state index in [1.807, 2.05) is 56.2 Å². The molecule has 0 aromatic rings. The van der Waals surface area contributed by atoms with E-state index >= 15 is 0 Å². The molecule has 1 amide bonds. The summed E-state index contributed by atoms with van der Waals surface area (Å²) in [5, 5.41) is 2.55. The number of hydrogen-bond acceptors (Lipinski definition) is 10. The van der Waals surface area contributed by atoms with Crippen LogP contribution in [-0.4, -0.2) is 122 Å². The van der Waals surface area contributed by atoms with Crippen LogP contribution >= 0.6 is 0 Å². The Morgan fingerprint density at radius 1 is 0.771 bits per heavy atom. The van der Waals surface area contributed by atoms with E-state index in [0.717, 1.165) is 0 Å². The van der Waals surface area contributed by atoms with Crippen LogP contribution < -0.4 is 5.32 Å². The number of nitrogens with one attached hydrogen (secondary N) is 1. The van der Waals surface area contributed by atoms with Crippen LogP contribution in [0.4, 0.5) is 0 Å². The summed E-state index contributed by atoms with van der Waals surface area (Å²) in [5.74, 6) is -1.49. The fourth-order valence-corrected chi connectivity index (χ4v) is 3.67. The predicted octanol–water partition coefficient (Wildman–Crippen LogP) is 0.267. The van der Waals surface area contributed by atoms with E-state index in [1.165, 1.54) is 14.2 Å². The maximum absolute atomic E-state index is 12.6. The molecule has 1 saturated heterocycles. The van der Waals surface area contributed by atoms with Crippen molar-refractivity contribution in [2.45, 2.75) is 65.2 Å². The first-order valence-electron chi connectivity index (χ1n) is 12.0. The molecule has 35 heavy (non-hydrogen) atoms. The summed E-state index contributed by atoms with van der Waals surface area (Å²) in [4.78, 5) is 55.4. The standard InChI is InChI=1S/C24H44N4O7/c1-23(2,3)34-20(30)16-26-9-10-27(17-21(31)35-24(4,5)6)12-14-28(13-11-26)18(22(32)33-8)15-19(29)25-7/h18H,9-17H2,1-8H3,(H,25,29). The first-order chi connectivity index (χ1) is 16.1. The zero-order chi connectivity index (χ0) is 26.8. The van der Waals surface area contributed by atoms with Crippen LogP contribution in [0.2, 0.25) is 0 Å². The molecular formula is C24H44N4O7. The Morgan fingerprint density at radius 3 is 1.51 bits per heavy atom. The average molecular weight is 501 g/mol. The quantitative estimate of drug-likeness (QED) is 0.367. The van der Waals surface area contributed by atoms with E-state index in [2.05, 4.69) is 5.32 Å². The van der Waals surface area contributed by atoms with Crippen LogP contribution in [0.15, 0.2) is 0 Å². The van der Waals surface area contributed by atoms with Crippen molar-refractivity contribution in [2.75, 3.05) is 66.5 Å². The largest absolute Gasteiger partial charge is 0.468 e. The lowest BCUT2D eigenvalue weighted by Gasteiger charge is -2.31. The molecule has 0 aromatic heterocycles. The molecule has 11 nitrogen and oxygen atoms in total. The van der Waals surface area contributed by atoms with E-state index < -0.39 is 23.2 Å². The van der Waals surface area contributed by atoms with Gasteiger partial charge in [0.05, 0.1) is 26.6 Å². The van der Waals surface area contributed by atoms with Gasteiger partial charge >= 0.3 is 17.9 Å². The number of nitrogens with zero attached hydrogens (tertiary/aromatic N) is 3. The van der Waals surface area contributed by atoms with Gasteiger partial charge in [0.15, 0.2) is 0 Å². The summed E-state index contributed by atoms with van der Waals surface area (Å²) in [6.45, 7) is 13.9. The van der Waals surface area contributed by atoms with Gasteiger partial charge in [-0.25, -0.2) is 0 Å². The molecule has 1 heterocycles. The van der Waals surface area contributed by atoms with Crippen LogP contribution in [-0.2, 0) is 33.4 Å². The van der Waals surface area contributed by atoms with Crippen molar-refractivity contribution >= 4 is 23.8 Å². The molecule has 0 spiro atoms. The summed E-state index contributed by atoms with van der Waals surface area (Å²) in [7, 11) is 2.80. The number of carbonyl (C=O) groups is 4. The number of esters is 3. The van der Waals surface area contributed by atoms with Gasteiger partial charge in [0, 0.05) is 46.3 Å². The predicted molar refractivity (Wildman–Crippen MR) is 131 cm³/mol. The third-order valence-corrected chi connectivity index (χ3v) is 5.26. The molecule has 202 valence electrons. The van der Waals surface area contributed by atoms with Gasteiger partial charge < -0.3 is 19.5 Å². The lowest BCUT2D eigenvalue weighted by Crippen LogP contribution is -2.49. The minimum absolute atomic E-state index is 0.0543. The molecule has 1 aliphatic heterocycles. The highest BCUT2D eigenvalue weighted by Crippen LogP contribution is 2.13. The highest BCUT2D eigenvalue weighted by Gasteiger charge is 2.31. The maximum Gasteiger partial charge on any atom is 0.323 e. The second-order valence-electron chi connectivity index (χ2n) is 10.7. The SMILES string of the molecule is CNC(=O)CC(C(=O)OC)N1CCN(CC(=O)OC(C)(C)C)CCN(CC(=O)OC(C)(C)C)CC1. The van der Waals surface area contributed by atoms with Gasteiger partial charge in [-0.15, -0.1) is 0 Å². The molecule has 1 atom stereocenters. The Kier molecular flexibility index (Phi) is 12.1. The number of rotatable bonds is 8. The Labute approximate surface area is 209 Å². The number of ether oxygens (including phenoxy) is 3. The molecule has 0 radical (unpaired) electrons. The highest BCUT2D eigenvalue weighted by atomic mass is 16.6. The Bertz CT molecular complexity index is 688. The summed E-state index contributed by atoms with van der Waals surface area (Å²) in [6.07, 6.45) is -0.0543. The van der Waals surface area contributed by atoms with Gasteiger partial charge in [-0.05, 0) is 41.5 Å². The van der Waals surface area contributed by atoms with Gasteiger partial charge in [-0.1, -0.05) is 0 Å².